The Kier molecular flexibility index (Phi) is 16.7. The van der Waals surface area contributed by atoms with E-state index in [1.807, 2.05) is 91.0 Å². The molecule has 16 rings (SSSR count). The van der Waals surface area contributed by atoms with Crippen LogP contribution in [-0.2, 0) is 0 Å². The van der Waals surface area contributed by atoms with Crippen LogP contribution in [0, 0.1) is 0 Å². The number of fused-ring (bicyclic) bond motifs is 9. The highest BCUT2D eigenvalue weighted by Gasteiger charge is 2.18. The molecule has 0 unspecified atom stereocenters. The van der Waals surface area contributed by atoms with E-state index in [9.17, 15) is 10.0 Å². The smallest absolute Gasteiger partial charge is 0.423 e. The molecular weight excluding hydrogens is 1220 g/mol. The van der Waals surface area contributed by atoms with E-state index in [-0.39, 0.29) is 7.43 Å². The van der Waals surface area contributed by atoms with Gasteiger partial charge in [-0.1, -0.05) is 197 Å². The van der Waals surface area contributed by atoms with Crippen LogP contribution in [0.2, 0.25) is 0 Å². The number of nitrogens with zero attached hydrogens (tertiary/aromatic N) is 3. The van der Waals surface area contributed by atoms with Crippen LogP contribution >= 0.6 is 31.9 Å². The molecule has 0 spiro atoms. The van der Waals surface area contributed by atoms with Crippen LogP contribution in [0.4, 0.5) is 22.7 Å². The van der Waals surface area contributed by atoms with Crippen molar-refractivity contribution < 1.29 is 10.0 Å². The zero-order chi connectivity index (χ0) is 59.5. The van der Waals surface area contributed by atoms with Gasteiger partial charge in [0.1, 0.15) is 0 Å². The molecular formula is C79H60BBr2N5O2. The van der Waals surface area contributed by atoms with Crippen molar-refractivity contribution in [2.45, 2.75) is 7.43 Å². The Balaban J connectivity index is 0.000000156. The molecule has 3 aromatic heterocycles. The van der Waals surface area contributed by atoms with Crippen molar-refractivity contribution in [3.8, 4) is 39.3 Å². The molecule has 430 valence electrons. The average Bonchev–Trinajstić information content (AvgIpc) is 1.70. The van der Waals surface area contributed by atoms with Crippen molar-refractivity contribution in [1.29, 1.82) is 0 Å². The number of aromatic nitrogens is 3. The Morgan fingerprint density at radius 3 is 0.865 bits per heavy atom. The van der Waals surface area contributed by atoms with E-state index in [2.05, 4.69) is 275 Å². The maximum Gasteiger partial charge on any atom is 0.488 e. The van der Waals surface area contributed by atoms with Crippen molar-refractivity contribution in [1.82, 2.24) is 13.7 Å². The van der Waals surface area contributed by atoms with Gasteiger partial charge in [0.2, 0.25) is 0 Å². The molecule has 10 heteroatoms. The van der Waals surface area contributed by atoms with Crippen LogP contribution in [0.1, 0.15) is 7.43 Å². The average molecular weight is 1280 g/mol. The first-order valence-corrected chi connectivity index (χ1v) is 30.7. The predicted molar refractivity (Wildman–Crippen MR) is 385 cm³/mol. The molecule has 0 amide bonds. The van der Waals surface area contributed by atoms with Crippen molar-refractivity contribution in [3.05, 3.63) is 324 Å². The van der Waals surface area contributed by atoms with Crippen molar-refractivity contribution in [2.24, 2.45) is 0 Å². The lowest BCUT2D eigenvalue weighted by molar-refractivity contribution is 0.426. The van der Waals surface area contributed by atoms with Gasteiger partial charge in [-0.15, -0.1) is 0 Å². The number of halogens is 2. The Hall–Kier alpha value is -10.2. The zero-order valence-corrected chi connectivity index (χ0v) is 50.8. The molecule has 3 heterocycles. The third-order valence-corrected chi connectivity index (χ3v) is 17.1. The monoisotopic (exact) mass is 1280 g/mol. The number of hydrogen-bond acceptors (Lipinski definition) is 4. The van der Waals surface area contributed by atoms with E-state index >= 15 is 0 Å². The molecule has 0 atom stereocenters. The van der Waals surface area contributed by atoms with Gasteiger partial charge in [-0.25, -0.2) is 0 Å². The Bertz CT molecular complexity index is 4870. The number of para-hydroxylation sites is 6. The minimum absolute atomic E-state index is 0. The second-order valence-electron chi connectivity index (χ2n) is 21.6. The Morgan fingerprint density at radius 2 is 0.528 bits per heavy atom. The molecule has 4 N–H and O–H groups in total. The number of nitrogens with one attached hydrogen (secondary N) is 2. The fourth-order valence-corrected chi connectivity index (χ4v) is 12.4. The summed E-state index contributed by atoms with van der Waals surface area (Å²) in [5.74, 6) is 0. The van der Waals surface area contributed by atoms with Gasteiger partial charge in [-0.05, 0) is 185 Å². The minimum Gasteiger partial charge on any atom is -0.423 e. The van der Waals surface area contributed by atoms with Gasteiger partial charge in [0.05, 0.1) is 33.1 Å². The molecule has 7 nitrogen and oxygen atoms in total. The lowest BCUT2D eigenvalue weighted by atomic mass is 9.80. The lowest BCUT2D eigenvalue weighted by Gasteiger charge is -2.10. The first-order valence-electron chi connectivity index (χ1n) is 29.2. The lowest BCUT2D eigenvalue weighted by Crippen LogP contribution is -2.29. The van der Waals surface area contributed by atoms with E-state index in [4.69, 9.17) is 0 Å². The topological polar surface area (TPSA) is 79.3 Å². The first kappa shape index (κ1) is 57.9. The second-order valence-corrected chi connectivity index (χ2v) is 23.4. The van der Waals surface area contributed by atoms with E-state index < -0.39 is 7.12 Å². The van der Waals surface area contributed by atoms with E-state index in [0.29, 0.717) is 5.46 Å². The normalized spacial score (nSPS) is 11.1. The summed E-state index contributed by atoms with van der Waals surface area (Å²) < 4.78 is 9.08. The van der Waals surface area contributed by atoms with Crippen molar-refractivity contribution in [3.63, 3.8) is 0 Å². The van der Waals surface area contributed by atoms with Gasteiger partial charge < -0.3 is 34.4 Å². The first-order chi connectivity index (χ1) is 43.3. The van der Waals surface area contributed by atoms with E-state index in [0.717, 1.165) is 59.2 Å². The third-order valence-electron chi connectivity index (χ3n) is 16.1. The molecule has 0 aliphatic carbocycles. The number of anilines is 4. The summed E-state index contributed by atoms with van der Waals surface area (Å²) in [7, 11) is -1.46. The fourth-order valence-electron chi connectivity index (χ4n) is 11.9. The van der Waals surface area contributed by atoms with Gasteiger partial charge in [0.15, 0.2) is 0 Å². The van der Waals surface area contributed by atoms with Crippen LogP contribution in [0.5, 0.6) is 0 Å². The van der Waals surface area contributed by atoms with Crippen LogP contribution < -0.4 is 16.1 Å². The fraction of sp³-hybridized carbons (Fsp3) is 0.0127. The van der Waals surface area contributed by atoms with Gasteiger partial charge in [0, 0.05) is 81.1 Å². The Morgan fingerprint density at radius 1 is 0.258 bits per heavy atom. The van der Waals surface area contributed by atoms with E-state index in [1.54, 1.807) is 6.07 Å². The molecule has 13 aromatic carbocycles. The molecule has 89 heavy (non-hydrogen) atoms. The summed E-state index contributed by atoms with van der Waals surface area (Å²) in [6, 6.07) is 110. The quantitative estimate of drug-likeness (QED) is 0.103. The van der Waals surface area contributed by atoms with Gasteiger partial charge in [-0.2, -0.15) is 0 Å². The maximum absolute atomic E-state index is 9.43. The standard InChI is InChI=1S/C48H33N3.C18H14BNO2.C12H9Br2N.CH4/c1-3-11-39(12-4-1)50-45-17-9-7-15-41(45)43-31-35(23-29-47(43)50)33-19-25-37(26-20-33)49-38-27-21-34(22-28-38)36-24-30-48-44(32-36)42-16-8-10-18-46(42)51(48)40-13-5-2-6-14-40;21-19(22)13-10-11-18-16(12-13)15-8-4-5-9-17(15)20(18)14-6-2-1-3-7-14;13-9-1-5-11(6-2-9)15-12-7-3-10(14)4-8-12;/h1-32,49H;1-12,21-22H;1-8,15H;1H4. The largest absolute Gasteiger partial charge is 0.488 e. The Labute approximate surface area is 534 Å². The molecule has 0 bridgehead atoms. The molecule has 16 aromatic rings. The molecule has 0 fully saturated rings. The number of rotatable bonds is 10. The maximum atomic E-state index is 9.43. The van der Waals surface area contributed by atoms with Gasteiger partial charge in [0.25, 0.3) is 0 Å². The SMILES string of the molecule is Brc1ccc(Nc2ccc(Br)cc2)cc1.C.OB(O)c1ccc2c(c1)c1ccccc1n2-c1ccccc1.c1ccc(-n2c3ccccc3c3cc(-c4ccc(Nc5ccc(-c6ccc7c(c6)c6ccccc6n7-c6ccccc6)cc5)cc4)ccc32)cc1. The van der Waals surface area contributed by atoms with Crippen LogP contribution in [-0.4, -0.2) is 30.9 Å². The summed E-state index contributed by atoms with van der Waals surface area (Å²) in [4.78, 5) is 0. The summed E-state index contributed by atoms with van der Waals surface area (Å²) in [5.41, 5.74) is 20.1. The molecule has 0 radical (unpaired) electrons. The molecule has 0 aliphatic rings. The highest BCUT2D eigenvalue weighted by Crippen LogP contribution is 2.38. The van der Waals surface area contributed by atoms with Crippen molar-refractivity contribution >= 4 is 133 Å². The third kappa shape index (κ3) is 11.9. The zero-order valence-electron chi connectivity index (χ0n) is 47.6. The van der Waals surface area contributed by atoms with Crippen molar-refractivity contribution in [2.75, 3.05) is 10.6 Å². The number of hydrogen-bond donors (Lipinski definition) is 4. The van der Waals surface area contributed by atoms with Gasteiger partial charge in [-0.3, -0.25) is 0 Å². The summed E-state index contributed by atoms with van der Waals surface area (Å²) in [6.45, 7) is 0. The molecule has 0 saturated heterocycles. The second kappa shape index (κ2) is 25.6. The van der Waals surface area contributed by atoms with Crippen LogP contribution in [0.25, 0.3) is 105 Å². The van der Waals surface area contributed by atoms with Crippen LogP contribution in [0.3, 0.4) is 0 Å². The minimum atomic E-state index is -1.46. The van der Waals surface area contributed by atoms with E-state index in [1.165, 1.54) is 77.2 Å². The highest BCUT2D eigenvalue weighted by atomic mass is 79.9. The molecule has 0 aliphatic heterocycles. The summed E-state index contributed by atoms with van der Waals surface area (Å²) in [5, 5.41) is 32.9. The molecule has 0 saturated carbocycles. The van der Waals surface area contributed by atoms with Gasteiger partial charge >= 0.3 is 7.12 Å². The highest BCUT2D eigenvalue weighted by molar-refractivity contribution is 9.10. The van der Waals surface area contributed by atoms with Crippen LogP contribution in [0.15, 0.2) is 324 Å². The number of benzene rings is 13. The predicted octanol–water partition coefficient (Wildman–Crippen LogP) is 21.0. The summed E-state index contributed by atoms with van der Waals surface area (Å²) in [6.07, 6.45) is 0. The summed E-state index contributed by atoms with van der Waals surface area (Å²) >= 11 is 6.81.